The van der Waals surface area contributed by atoms with Crippen molar-refractivity contribution in [3.63, 3.8) is 0 Å². The summed E-state index contributed by atoms with van der Waals surface area (Å²) in [5.41, 5.74) is 2.86. The predicted octanol–water partition coefficient (Wildman–Crippen LogP) is 4.10. The molecule has 1 heterocycles. The number of halogens is 1. The Morgan fingerprint density at radius 1 is 0.895 bits per heavy atom. The van der Waals surface area contributed by atoms with Gasteiger partial charge in [0.25, 0.3) is 0 Å². The van der Waals surface area contributed by atoms with E-state index in [0.717, 1.165) is 11.1 Å². The van der Waals surface area contributed by atoms with Crippen LogP contribution < -0.4 is 0 Å². The zero-order chi connectivity index (χ0) is 13.2. The van der Waals surface area contributed by atoms with Crippen molar-refractivity contribution in [1.82, 2.24) is 10.2 Å². The van der Waals surface area contributed by atoms with E-state index in [2.05, 4.69) is 10.2 Å². The number of aromatic hydroxyl groups is 1. The van der Waals surface area contributed by atoms with Crippen LogP contribution in [-0.4, -0.2) is 15.3 Å². The summed E-state index contributed by atoms with van der Waals surface area (Å²) < 4.78 is 0. The Labute approximate surface area is 115 Å². The smallest absolute Gasteiger partial charge is 0.169 e. The molecular formula is C15H11ClN2O. The number of H-pyrrole nitrogens is 1. The number of benzene rings is 2. The lowest BCUT2D eigenvalue weighted by molar-refractivity contribution is 0.479. The van der Waals surface area contributed by atoms with Crippen LogP contribution in [0.25, 0.3) is 22.5 Å². The van der Waals surface area contributed by atoms with Crippen LogP contribution in [0.1, 0.15) is 0 Å². The lowest BCUT2D eigenvalue weighted by atomic mass is 10.1. The molecule has 2 aromatic carbocycles. The van der Waals surface area contributed by atoms with Gasteiger partial charge in [0.05, 0.1) is 0 Å². The van der Waals surface area contributed by atoms with Gasteiger partial charge in [-0.2, -0.15) is 5.10 Å². The summed E-state index contributed by atoms with van der Waals surface area (Å²) >= 11 is 5.85. The fourth-order valence-corrected chi connectivity index (χ4v) is 2.08. The zero-order valence-electron chi connectivity index (χ0n) is 9.97. The van der Waals surface area contributed by atoms with Gasteiger partial charge in [-0.25, -0.2) is 0 Å². The van der Waals surface area contributed by atoms with Gasteiger partial charge in [-0.3, -0.25) is 5.10 Å². The van der Waals surface area contributed by atoms with Crippen LogP contribution >= 0.6 is 11.6 Å². The molecule has 0 aliphatic carbocycles. The highest BCUT2D eigenvalue weighted by Gasteiger charge is 2.14. The summed E-state index contributed by atoms with van der Waals surface area (Å²) in [6.45, 7) is 0. The van der Waals surface area contributed by atoms with Crippen molar-refractivity contribution in [1.29, 1.82) is 0 Å². The van der Waals surface area contributed by atoms with Crippen molar-refractivity contribution >= 4 is 11.6 Å². The lowest BCUT2D eigenvalue weighted by Crippen LogP contribution is -1.77. The van der Waals surface area contributed by atoms with Crippen molar-refractivity contribution < 1.29 is 5.11 Å². The Balaban J connectivity index is 2.06. The van der Waals surface area contributed by atoms with E-state index in [9.17, 15) is 5.11 Å². The Hall–Kier alpha value is -2.26. The summed E-state index contributed by atoms with van der Waals surface area (Å²) in [5, 5.41) is 18.0. The molecule has 0 bridgehead atoms. The van der Waals surface area contributed by atoms with Crippen LogP contribution in [0.15, 0.2) is 54.6 Å². The van der Waals surface area contributed by atoms with Gasteiger partial charge in [0, 0.05) is 16.1 Å². The molecule has 94 valence electrons. The number of aromatic nitrogens is 2. The van der Waals surface area contributed by atoms with E-state index in [1.165, 1.54) is 0 Å². The molecule has 0 amide bonds. The number of nitrogens with one attached hydrogen (secondary N) is 1. The van der Waals surface area contributed by atoms with E-state index in [-0.39, 0.29) is 5.75 Å². The summed E-state index contributed by atoms with van der Waals surface area (Å²) in [5.74, 6) is 0.147. The second-order valence-corrected chi connectivity index (χ2v) is 4.61. The minimum atomic E-state index is 0.147. The molecule has 0 atom stereocenters. The Bertz CT molecular complexity index is 690. The number of nitrogens with zero attached hydrogens (tertiary/aromatic N) is 1. The molecule has 4 heteroatoms. The molecule has 0 fully saturated rings. The van der Waals surface area contributed by atoms with Gasteiger partial charge >= 0.3 is 0 Å². The molecule has 0 radical (unpaired) electrons. The zero-order valence-corrected chi connectivity index (χ0v) is 10.7. The largest absolute Gasteiger partial charge is 0.504 e. The van der Waals surface area contributed by atoms with Crippen molar-refractivity contribution in [2.45, 2.75) is 0 Å². The number of aromatic amines is 1. The number of hydrogen-bond acceptors (Lipinski definition) is 2. The van der Waals surface area contributed by atoms with E-state index >= 15 is 0 Å². The third-order valence-electron chi connectivity index (χ3n) is 2.92. The summed E-state index contributed by atoms with van der Waals surface area (Å²) in [6, 6.07) is 16.8. The summed E-state index contributed by atoms with van der Waals surface area (Å²) in [6.07, 6.45) is 0. The minimum Gasteiger partial charge on any atom is -0.504 e. The maximum absolute atomic E-state index is 10.3. The van der Waals surface area contributed by atoms with E-state index in [0.29, 0.717) is 16.4 Å². The van der Waals surface area contributed by atoms with Crippen LogP contribution in [0.4, 0.5) is 0 Å². The molecular weight excluding hydrogens is 260 g/mol. The van der Waals surface area contributed by atoms with Gasteiger partial charge in [-0.05, 0) is 12.1 Å². The van der Waals surface area contributed by atoms with E-state index in [1.807, 2.05) is 42.5 Å². The number of rotatable bonds is 2. The molecule has 3 rings (SSSR count). The van der Waals surface area contributed by atoms with Gasteiger partial charge in [-0.15, -0.1) is 0 Å². The molecule has 3 nitrogen and oxygen atoms in total. The highest BCUT2D eigenvalue weighted by Crippen LogP contribution is 2.35. The van der Waals surface area contributed by atoms with Crippen LogP contribution in [0.2, 0.25) is 5.02 Å². The van der Waals surface area contributed by atoms with Crippen LogP contribution in [0.5, 0.6) is 5.75 Å². The molecule has 19 heavy (non-hydrogen) atoms. The Morgan fingerprint density at radius 3 is 2.26 bits per heavy atom. The molecule has 2 N–H and O–H groups in total. The SMILES string of the molecule is Oc1c(-c2ccccc2)n[nH]c1-c1ccc(Cl)cc1. The normalized spacial score (nSPS) is 10.6. The third kappa shape index (κ3) is 2.20. The van der Waals surface area contributed by atoms with Crippen molar-refractivity contribution in [2.75, 3.05) is 0 Å². The van der Waals surface area contributed by atoms with Crippen LogP contribution in [0.3, 0.4) is 0 Å². The first-order chi connectivity index (χ1) is 9.25. The predicted molar refractivity (Wildman–Crippen MR) is 76.1 cm³/mol. The van der Waals surface area contributed by atoms with Crippen LogP contribution in [-0.2, 0) is 0 Å². The molecule has 0 aliphatic heterocycles. The average Bonchev–Trinajstić information content (AvgIpc) is 2.83. The van der Waals surface area contributed by atoms with Gasteiger partial charge in [0.1, 0.15) is 11.4 Å². The molecule has 0 aliphatic rings. The fourth-order valence-electron chi connectivity index (χ4n) is 1.95. The Kier molecular flexibility index (Phi) is 2.97. The second-order valence-electron chi connectivity index (χ2n) is 4.17. The fraction of sp³-hybridized carbons (Fsp3) is 0. The van der Waals surface area contributed by atoms with Gasteiger partial charge < -0.3 is 5.11 Å². The molecule has 0 saturated heterocycles. The standard InChI is InChI=1S/C15H11ClN2O/c16-12-8-6-11(7-9-12)14-15(19)13(17-18-14)10-4-2-1-3-5-10/h1-9,19H,(H,17,18). The first-order valence-corrected chi connectivity index (χ1v) is 6.22. The second kappa shape index (κ2) is 4.78. The molecule has 0 saturated carbocycles. The third-order valence-corrected chi connectivity index (χ3v) is 3.17. The van der Waals surface area contributed by atoms with Gasteiger partial charge in [0.15, 0.2) is 5.75 Å². The minimum absolute atomic E-state index is 0.147. The average molecular weight is 271 g/mol. The topological polar surface area (TPSA) is 48.9 Å². The summed E-state index contributed by atoms with van der Waals surface area (Å²) in [4.78, 5) is 0. The first-order valence-electron chi connectivity index (χ1n) is 5.84. The highest BCUT2D eigenvalue weighted by molar-refractivity contribution is 6.30. The van der Waals surface area contributed by atoms with Gasteiger partial charge in [-0.1, -0.05) is 54.1 Å². The maximum Gasteiger partial charge on any atom is 0.169 e. The first kappa shape index (κ1) is 11.8. The quantitative estimate of drug-likeness (QED) is 0.736. The van der Waals surface area contributed by atoms with E-state index in [1.54, 1.807) is 12.1 Å². The van der Waals surface area contributed by atoms with Crippen molar-refractivity contribution in [2.24, 2.45) is 0 Å². The van der Waals surface area contributed by atoms with Crippen molar-refractivity contribution in [3.8, 4) is 28.3 Å². The summed E-state index contributed by atoms with van der Waals surface area (Å²) in [7, 11) is 0. The van der Waals surface area contributed by atoms with E-state index in [4.69, 9.17) is 11.6 Å². The maximum atomic E-state index is 10.3. The molecule has 3 aromatic rings. The number of hydrogen-bond donors (Lipinski definition) is 2. The monoisotopic (exact) mass is 270 g/mol. The molecule has 0 spiro atoms. The Morgan fingerprint density at radius 2 is 1.58 bits per heavy atom. The molecule has 0 unspecified atom stereocenters. The van der Waals surface area contributed by atoms with Crippen molar-refractivity contribution in [3.05, 3.63) is 59.6 Å². The lowest BCUT2D eigenvalue weighted by Gasteiger charge is -2.00. The van der Waals surface area contributed by atoms with Gasteiger partial charge in [0.2, 0.25) is 0 Å². The highest BCUT2D eigenvalue weighted by atomic mass is 35.5. The molecule has 1 aromatic heterocycles. The van der Waals surface area contributed by atoms with Crippen LogP contribution in [0, 0.1) is 0 Å². The van der Waals surface area contributed by atoms with E-state index < -0.39 is 0 Å².